The molecule has 3 heteroatoms. The van der Waals surface area contributed by atoms with Gasteiger partial charge >= 0.3 is 0 Å². The molecule has 0 amide bonds. The van der Waals surface area contributed by atoms with Gasteiger partial charge in [-0.2, -0.15) is 0 Å². The van der Waals surface area contributed by atoms with Crippen molar-refractivity contribution < 1.29 is 0 Å². The molecule has 0 aliphatic carbocycles. The van der Waals surface area contributed by atoms with E-state index in [1.165, 1.54) is 22.0 Å². The zero-order valence-corrected chi connectivity index (χ0v) is 12.3. The van der Waals surface area contributed by atoms with Crippen LogP contribution in [0.5, 0.6) is 0 Å². The molecular formula is C16H15BrN2. The molecule has 0 fully saturated rings. The monoisotopic (exact) mass is 314 g/mol. The minimum atomic E-state index is 0.805. The summed E-state index contributed by atoms with van der Waals surface area (Å²) in [6, 6.07) is 14.7. The third-order valence-corrected chi connectivity index (χ3v) is 4.39. The summed E-state index contributed by atoms with van der Waals surface area (Å²) < 4.78 is 1.13. The van der Waals surface area contributed by atoms with Crippen LogP contribution in [0.3, 0.4) is 0 Å². The molecule has 96 valence electrons. The number of aromatic nitrogens is 1. The lowest BCUT2D eigenvalue weighted by molar-refractivity contribution is 1.15. The van der Waals surface area contributed by atoms with E-state index in [-0.39, 0.29) is 0 Å². The number of aromatic amines is 1. The molecule has 0 bridgehead atoms. The van der Waals surface area contributed by atoms with E-state index in [0.29, 0.717) is 0 Å². The molecule has 0 spiro atoms. The highest BCUT2D eigenvalue weighted by Gasteiger charge is 2.04. The first kappa shape index (κ1) is 12.3. The van der Waals surface area contributed by atoms with Crippen molar-refractivity contribution in [1.29, 1.82) is 0 Å². The summed E-state index contributed by atoms with van der Waals surface area (Å²) in [6.07, 6.45) is 1.98. The summed E-state index contributed by atoms with van der Waals surface area (Å²) in [6.45, 7) is 2.90. The standard InChI is InChI=1S/C16H15BrN2/c1-11-4-2-7-14(15(11)17)19-10-13-6-3-5-12-8-9-18-16(12)13/h2-9,18-19H,10H2,1H3. The first-order chi connectivity index (χ1) is 9.25. The van der Waals surface area contributed by atoms with E-state index < -0.39 is 0 Å². The van der Waals surface area contributed by atoms with Gasteiger partial charge < -0.3 is 10.3 Å². The van der Waals surface area contributed by atoms with Gasteiger partial charge in [0.2, 0.25) is 0 Å². The highest BCUT2D eigenvalue weighted by molar-refractivity contribution is 9.10. The third kappa shape index (κ3) is 2.38. The van der Waals surface area contributed by atoms with Crippen LogP contribution in [0.25, 0.3) is 10.9 Å². The van der Waals surface area contributed by atoms with E-state index in [9.17, 15) is 0 Å². The van der Waals surface area contributed by atoms with Gasteiger partial charge in [-0.15, -0.1) is 0 Å². The lowest BCUT2D eigenvalue weighted by Crippen LogP contribution is -2.01. The number of fused-ring (bicyclic) bond motifs is 1. The first-order valence-electron chi connectivity index (χ1n) is 6.29. The van der Waals surface area contributed by atoms with Gasteiger partial charge in [0.05, 0.1) is 5.52 Å². The molecule has 0 aliphatic heterocycles. The van der Waals surface area contributed by atoms with Crippen molar-refractivity contribution in [3.63, 3.8) is 0 Å². The molecule has 0 radical (unpaired) electrons. The Labute approximate surface area is 121 Å². The number of hydrogen-bond acceptors (Lipinski definition) is 1. The molecule has 0 aliphatic rings. The van der Waals surface area contributed by atoms with Crippen molar-refractivity contribution in [3.8, 4) is 0 Å². The largest absolute Gasteiger partial charge is 0.380 e. The predicted molar refractivity (Wildman–Crippen MR) is 84.5 cm³/mol. The van der Waals surface area contributed by atoms with E-state index in [2.05, 4.69) is 75.6 Å². The van der Waals surface area contributed by atoms with Crippen LogP contribution in [0, 0.1) is 6.92 Å². The number of aryl methyl sites for hydroxylation is 1. The fourth-order valence-electron chi connectivity index (χ4n) is 2.27. The Morgan fingerprint density at radius 3 is 2.84 bits per heavy atom. The number of halogens is 1. The van der Waals surface area contributed by atoms with Gasteiger partial charge in [-0.25, -0.2) is 0 Å². The molecule has 0 saturated carbocycles. The Bertz CT molecular complexity index is 716. The number of nitrogens with one attached hydrogen (secondary N) is 2. The molecule has 2 nitrogen and oxygen atoms in total. The summed E-state index contributed by atoms with van der Waals surface area (Å²) in [5, 5.41) is 4.74. The summed E-state index contributed by atoms with van der Waals surface area (Å²) in [7, 11) is 0. The molecule has 2 N–H and O–H groups in total. The summed E-state index contributed by atoms with van der Waals surface area (Å²) >= 11 is 3.63. The van der Waals surface area contributed by atoms with Crippen LogP contribution in [-0.4, -0.2) is 4.98 Å². The van der Waals surface area contributed by atoms with Gasteiger partial charge in [-0.3, -0.25) is 0 Å². The van der Waals surface area contributed by atoms with Crippen molar-refractivity contribution in [2.24, 2.45) is 0 Å². The van der Waals surface area contributed by atoms with Crippen LogP contribution in [0.15, 0.2) is 53.1 Å². The maximum absolute atomic E-state index is 3.63. The zero-order valence-electron chi connectivity index (χ0n) is 10.7. The molecule has 1 aromatic heterocycles. The second kappa shape index (κ2) is 5.10. The van der Waals surface area contributed by atoms with Crippen LogP contribution in [0.4, 0.5) is 5.69 Å². The molecule has 19 heavy (non-hydrogen) atoms. The van der Waals surface area contributed by atoms with Gasteiger partial charge in [0.25, 0.3) is 0 Å². The topological polar surface area (TPSA) is 27.8 Å². The quantitative estimate of drug-likeness (QED) is 0.710. The van der Waals surface area contributed by atoms with Crippen LogP contribution >= 0.6 is 15.9 Å². The number of anilines is 1. The van der Waals surface area contributed by atoms with Crippen LogP contribution in [0.2, 0.25) is 0 Å². The number of hydrogen-bond donors (Lipinski definition) is 2. The highest BCUT2D eigenvalue weighted by Crippen LogP contribution is 2.26. The number of rotatable bonds is 3. The second-order valence-electron chi connectivity index (χ2n) is 4.65. The van der Waals surface area contributed by atoms with Crippen molar-refractivity contribution in [3.05, 3.63) is 64.3 Å². The molecular weight excluding hydrogens is 300 g/mol. The molecule has 0 atom stereocenters. The van der Waals surface area contributed by atoms with E-state index in [0.717, 1.165) is 16.7 Å². The SMILES string of the molecule is Cc1cccc(NCc2cccc3cc[nH]c23)c1Br. The third-order valence-electron chi connectivity index (χ3n) is 3.33. The smallest absolute Gasteiger partial charge is 0.0504 e. The minimum absolute atomic E-state index is 0.805. The normalized spacial score (nSPS) is 10.8. The first-order valence-corrected chi connectivity index (χ1v) is 7.09. The maximum Gasteiger partial charge on any atom is 0.0504 e. The van der Waals surface area contributed by atoms with Gasteiger partial charge in [-0.05, 0) is 51.5 Å². The fourth-order valence-corrected chi connectivity index (χ4v) is 2.68. The predicted octanol–water partition coefficient (Wildman–Crippen LogP) is 4.85. The number of benzene rings is 2. The van der Waals surface area contributed by atoms with Gasteiger partial charge in [0, 0.05) is 22.9 Å². The minimum Gasteiger partial charge on any atom is -0.380 e. The molecule has 0 saturated heterocycles. The molecule has 1 heterocycles. The van der Waals surface area contributed by atoms with Crippen LogP contribution in [-0.2, 0) is 6.54 Å². The average Bonchev–Trinajstić information content (AvgIpc) is 2.89. The Morgan fingerprint density at radius 1 is 1.11 bits per heavy atom. The second-order valence-corrected chi connectivity index (χ2v) is 5.44. The summed E-state index contributed by atoms with van der Waals surface area (Å²) in [4.78, 5) is 3.30. The molecule has 2 aromatic carbocycles. The van der Waals surface area contributed by atoms with Crippen molar-refractivity contribution in [1.82, 2.24) is 4.98 Å². The number of H-pyrrole nitrogens is 1. The Kier molecular flexibility index (Phi) is 3.30. The number of para-hydroxylation sites is 1. The molecule has 3 rings (SSSR count). The average molecular weight is 315 g/mol. The Morgan fingerprint density at radius 2 is 1.95 bits per heavy atom. The zero-order chi connectivity index (χ0) is 13.2. The lowest BCUT2D eigenvalue weighted by atomic mass is 10.1. The lowest BCUT2D eigenvalue weighted by Gasteiger charge is -2.11. The highest BCUT2D eigenvalue weighted by atomic mass is 79.9. The molecule has 0 unspecified atom stereocenters. The van der Waals surface area contributed by atoms with Gasteiger partial charge in [0.1, 0.15) is 0 Å². The summed E-state index contributed by atoms with van der Waals surface area (Å²) in [5.74, 6) is 0. The summed E-state index contributed by atoms with van der Waals surface area (Å²) in [5.41, 5.74) is 4.85. The van der Waals surface area contributed by atoms with Crippen LogP contribution < -0.4 is 5.32 Å². The Balaban J connectivity index is 1.86. The van der Waals surface area contributed by atoms with Crippen molar-refractivity contribution in [2.45, 2.75) is 13.5 Å². The Hall–Kier alpha value is -1.74. The van der Waals surface area contributed by atoms with Gasteiger partial charge in [0.15, 0.2) is 0 Å². The van der Waals surface area contributed by atoms with E-state index in [1.807, 2.05) is 6.20 Å². The van der Waals surface area contributed by atoms with Gasteiger partial charge in [-0.1, -0.05) is 30.3 Å². The maximum atomic E-state index is 3.63. The van der Waals surface area contributed by atoms with E-state index >= 15 is 0 Å². The van der Waals surface area contributed by atoms with Crippen LogP contribution in [0.1, 0.15) is 11.1 Å². The molecule has 3 aromatic rings. The van der Waals surface area contributed by atoms with Crippen molar-refractivity contribution in [2.75, 3.05) is 5.32 Å². The van der Waals surface area contributed by atoms with Crippen molar-refractivity contribution >= 4 is 32.5 Å². The van der Waals surface area contributed by atoms with E-state index in [1.54, 1.807) is 0 Å². The van der Waals surface area contributed by atoms with E-state index in [4.69, 9.17) is 0 Å². The fraction of sp³-hybridized carbons (Fsp3) is 0.125.